The van der Waals surface area contributed by atoms with Gasteiger partial charge in [0.05, 0.1) is 6.89 Å². The molecule has 0 unspecified atom stereocenters. The monoisotopic (exact) mass is 225 g/mol. The maximum atomic E-state index is 12.8. The first-order valence-corrected chi connectivity index (χ1v) is 5.22. The van der Waals surface area contributed by atoms with Crippen LogP contribution in [0.2, 0.25) is 0 Å². The molecule has 0 spiro atoms. The van der Waals surface area contributed by atoms with Crippen LogP contribution in [0.25, 0.3) is 22.0 Å². The summed E-state index contributed by atoms with van der Waals surface area (Å²) in [4.78, 5) is 7.75. The summed E-state index contributed by atoms with van der Waals surface area (Å²) >= 11 is 0. The van der Waals surface area contributed by atoms with Gasteiger partial charge in [-0.3, -0.25) is 4.98 Å². The van der Waals surface area contributed by atoms with Crippen molar-refractivity contribution in [2.45, 2.75) is 0 Å². The van der Waals surface area contributed by atoms with E-state index in [1.807, 2.05) is 24.3 Å². The molecule has 0 bridgehead atoms. The Kier molecular flexibility index (Phi) is 2.04. The predicted octanol–water partition coefficient (Wildman–Crippen LogP) is 3.44. The molecular formula is C14H9FN2. The molecule has 0 atom stereocenters. The van der Waals surface area contributed by atoms with E-state index in [2.05, 4.69) is 9.97 Å². The van der Waals surface area contributed by atoms with Crippen molar-refractivity contribution >= 4 is 10.9 Å². The molecule has 0 N–H and O–H groups in total. The average Bonchev–Trinajstić information content (AvgIpc) is 2.39. The Morgan fingerprint density at radius 1 is 1.00 bits per heavy atom. The zero-order chi connectivity index (χ0) is 12.5. The minimum absolute atomic E-state index is 0.249. The van der Waals surface area contributed by atoms with Crippen molar-refractivity contribution in [3.05, 3.63) is 60.8 Å². The predicted molar refractivity (Wildman–Crippen MR) is 64.9 cm³/mol. The third-order valence-corrected chi connectivity index (χ3v) is 2.61. The number of pyridine rings is 2. The molecule has 1 aromatic carbocycles. The summed E-state index contributed by atoms with van der Waals surface area (Å²) in [5, 5.41) is 0.952. The van der Waals surface area contributed by atoms with E-state index in [1.165, 1.54) is 12.3 Å². The molecule has 3 rings (SSSR count). The molecule has 0 radical (unpaired) electrons. The number of halogens is 1. The van der Waals surface area contributed by atoms with E-state index in [-0.39, 0.29) is 6.17 Å². The highest BCUT2D eigenvalue weighted by Gasteiger charge is 2.00. The lowest BCUT2D eigenvalue weighted by molar-refractivity contribution is 0.584. The van der Waals surface area contributed by atoms with Gasteiger partial charge in [0.1, 0.15) is 0 Å². The number of rotatable bonds is 1. The van der Waals surface area contributed by atoms with Gasteiger partial charge in [-0.25, -0.2) is 4.98 Å². The minimum atomic E-state index is -0.486. The van der Waals surface area contributed by atoms with Crippen molar-refractivity contribution in [2.24, 2.45) is 0 Å². The summed E-state index contributed by atoms with van der Waals surface area (Å²) in [7, 11) is 0. The van der Waals surface area contributed by atoms with Crippen molar-refractivity contribution in [1.82, 2.24) is 9.97 Å². The molecule has 0 aliphatic carbocycles. The molecule has 82 valence electrons. The number of fused-ring (bicyclic) bond motifs is 1. The molecule has 0 aliphatic rings. The topological polar surface area (TPSA) is 25.8 Å². The molecule has 17 heavy (non-hydrogen) atoms. The first kappa shape index (κ1) is 8.82. The van der Waals surface area contributed by atoms with E-state index in [0.29, 0.717) is 0 Å². The van der Waals surface area contributed by atoms with Crippen LogP contribution in [0.3, 0.4) is 0 Å². The van der Waals surface area contributed by atoms with Gasteiger partial charge in [-0.05, 0) is 35.9 Å². The van der Waals surface area contributed by atoms with E-state index in [0.717, 1.165) is 22.0 Å². The van der Waals surface area contributed by atoms with Crippen molar-refractivity contribution in [1.29, 1.82) is 0 Å². The molecule has 0 saturated carbocycles. The third kappa shape index (κ3) is 1.87. The van der Waals surface area contributed by atoms with E-state index in [9.17, 15) is 4.39 Å². The van der Waals surface area contributed by atoms with Crippen LogP contribution in [0.15, 0.2) is 54.8 Å². The Labute approximate surface area is 99.2 Å². The highest BCUT2D eigenvalue weighted by atomic mass is 19.1. The summed E-state index contributed by atoms with van der Waals surface area (Å²) < 4.78 is 20.2. The van der Waals surface area contributed by atoms with Gasteiger partial charge in [0.2, 0.25) is 5.95 Å². The van der Waals surface area contributed by atoms with Gasteiger partial charge in [0.15, 0.2) is 0 Å². The molecule has 0 fully saturated rings. The smallest absolute Gasteiger partial charge is 0.212 e. The number of aromatic nitrogens is 2. The maximum Gasteiger partial charge on any atom is 0.212 e. The molecular weight excluding hydrogens is 215 g/mol. The number of hydrogen-bond donors (Lipinski definition) is 0. The van der Waals surface area contributed by atoms with Crippen LogP contribution in [0.4, 0.5) is 4.39 Å². The second kappa shape index (κ2) is 3.94. The summed E-state index contributed by atoms with van der Waals surface area (Å²) in [6.45, 7) is 0. The fraction of sp³-hybridized carbons (Fsp3) is 0. The van der Waals surface area contributed by atoms with Crippen LogP contribution >= 0.6 is 0 Å². The molecule has 2 heterocycles. The fourth-order valence-electron chi connectivity index (χ4n) is 1.75. The minimum Gasteiger partial charge on any atom is -0.256 e. The fourth-order valence-corrected chi connectivity index (χ4v) is 1.75. The quantitative estimate of drug-likeness (QED) is 0.593. The van der Waals surface area contributed by atoms with Crippen LogP contribution in [0.1, 0.15) is 1.37 Å². The first-order chi connectivity index (χ1) is 8.72. The van der Waals surface area contributed by atoms with E-state index < -0.39 is 5.95 Å². The Morgan fingerprint density at radius 3 is 2.71 bits per heavy atom. The van der Waals surface area contributed by atoms with Gasteiger partial charge in [0.25, 0.3) is 0 Å². The molecule has 0 aliphatic heterocycles. The second-order valence-corrected chi connectivity index (χ2v) is 3.72. The Morgan fingerprint density at radius 2 is 1.88 bits per heavy atom. The highest BCUT2D eigenvalue weighted by Crippen LogP contribution is 2.22. The van der Waals surface area contributed by atoms with Crippen LogP contribution < -0.4 is 0 Å². The lowest BCUT2D eigenvalue weighted by Crippen LogP contribution is -1.84. The molecule has 0 amide bonds. The molecule has 3 heteroatoms. The lowest BCUT2D eigenvalue weighted by atomic mass is 10.1. The van der Waals surface area contributed by atoms with Gasteiger partial charge in [0, 0.05) is 23.3 Å². The zero-order valence-corrected chi connectivity index (χ0v) is 8.89. The Hall–Kier alpha value is -2.29. The van der Waals surface area contributed by atoms with E-state index >= 15 is 0 Å². The SMILES string of the molecule is [2H]c1ccc2cc(-c3ccc(F)nc3)ccc2n1. The van der Waals surface area contributed by atoms with Gasteiger partial charge in [-0.1, -0.05) is 12.1 Å². The number of nitrogens with zero attached hydrogens (tertiary/aromatic N) is 2. The summed E-state index contributed by atoms with van der Waals surface area (Å²) in [5.74, 6) is -0.486. The summed E-state index contributed by atoms with van der Waals surface area (Å²) in [6, 6.07) is 12.2. The molecule has 3 aromatic rings. The summed E-state index contributed by atoms with van der Waals surface area (Å²) in [6.07, 6.45) is 1.75. The molecule has 0 saturated heterocycles. The van der Waals surface area contributed by atoms with Crippen molar-refractivity contribution in [3.63, 3.8) is 0 Å². The Balaban J connectivity index is 2.13. The van der Waals surface area contributed by atoms with Gasteiger partial charge in [-0.15, -0.1) is 0 Å². The van der Waals surface area contributed by atoms with Crippen LogP contribution in [-0.2, 0) is 0 Å². The van der Waals surface area contributed by atoms with E-state index in [4.69, 9.17) is 1.37 Å². The van der Waals surface area contributed by atoms with Gasteiger partial charge < -0.3 is 0 Å². The third-order valence-electron chi connectivity index (χ3n) is 2.61. The number of hydrogen-bond acceptors (Lipinski definition) is 2. The average molecular weight is 225 g/mol. The maximum absolute atomic E-state index is 12.8. The zero-order valence-electron chi connectivity index (χ0n) is 9.89. The van der Waals surface area contributed by atoms with Crippen LogP contribution in [-0.4, -0.2) is 9.97 Å². The number of benzene rings is 1. The molecule has 2 nitrogen and oxygen atoms in total. The lowest BCUT2D eigenvalue weighted by Gasteiger charge is -2.02. The summed E-state index contributed by atoms with van der Waals surface area (Å²) in [5.41, 5.74) is 2.59. The van der Waals surface area contributed by atoms with Crippen molar-refractivity contribution in [3.8, 4) is 11.1 Å². The van der Waals surface area contributed by atoms with Crippen LogP contribution in [0.5, 0.6) is 0 Å². The van der Waals surface area contributed by atoms with Crippen LogP contribution in [0, 0.1) is 5.95 Å². The normalized spacial score (nSPS) is 11.5. The van der Waals surface area contributed by atoms with Crippen molar-refractivity contribution in [2.75, 3.05) is 0 Å². The van der Waals surface area contributed by atoms with Gasteiger partial charge in [-0.2, -0.15) is 4.39 Å². The molecule has 2 aromatic heterocycles. The van der Waals surface area contributed by atoms with Crippen molar-refractivity contribution < 1.29 is 5.76 Å². The standard InChI is InChI=1S/C14H9FN2/c15-14-6-4-12(9-17-14)10-3-5-13-11(8-10)2-1-7-16-13/h1-9H/i7D. The van der Waals surface area contributed by atoms with E-state index in [1.54, 1.807) is 12.1 Å². The highest BCUT2D eigenvalue weighted by molar-refractivity contribution is 5.84. The first-order valence-electron chi connectivity index (χ1n) is 5.72. The largest absolute Gasteiger partial charge is 0.256 e. The van der Waals surface area contributed by atoms with Gasteiger partial charge >= 0.3 is 0 Å². The Bertz CT molecular complexity index is 711. The second-order valence-electron chi connectivity index (χ2n) is 3.72.